The lowest BCUT2D eigenvalue weighted by molar-refractivity contribution is 0.523. The van der Waals surface area contributed by atoms with Gasteiger partial charge in [0.2, 0.25) is 0 Å². The van der Waals surface area contributed by atoms with E-state index in [1.54, 1.807) is 0 Å². The van der Waals surface area contributed by atoms with Crippen molar-refractivity contribution < 1.29 is 0 Å². The first-order chi connectivity index (χ1) is 8.15. The van der Waals surface area contributed by atoms with Crippen LogP contribution in [-0.2, 0) is 0 Å². The van der Waals surface area contributed by atoms with Crippen molar-refractivity contribution in [3.05, 3.63) is 34.9 Å². The van der Waals surface area contributed by atoms with E-state index in [9.17, 15) is 0 Å². The topological polar surface area (TPSA) is 27.6 Å². The molecule has 17 heavy (non-hydrogen) atoms. The Balaban J connectivity index is 2.39. The summed E-state index contributed by atoms with van der Waals surface area (Å²) in [6.45, 7) is 6.28. The minimum absolute atomic E-state index is 0.211. The molecule has 1 N–H and O–H groups in total. The van der Waals surface area contributed by atoms with Crippen LogP contribution in [0.5, 0.6) is 0 Å². The minimum Gasteiger partial charge on any atom is -0.360 e. The summed E-state index contributed by atoms with van der Waals surface area (Å²) in [7, 11) is 4.11. The second kappa shape index (κ2) is 4.88. The van der Waals surface area contributed by atoms with Crippen molar-refractivity contribution in [2.45, 2.75) is 19.9 Å². The third-order valence-corrected chi connectivity index (χ3v) is 3.60. The smallest absolute Gasteiger partial charge is 0.121 e. The Morgan fingerprint density at radius 3 is 2.71 bits per heavy atom. The van der Waals surface area contributed by atoms with Gasteiger partial charge in [0.15, 0.2) is 0 Å². The van der Waals surface area contributed by atoms with E-state index in [4.69, 9.17) is 0 Å². The van der Waals surface area contributed by atoms with E-state index in [2.05, 4.69) is 54.3 Å². The van der Waals surface area contributed by atoms with Crippen LogP contribution in [0.4, 0.5) is 0 Å². The Morgan fingerprint density at radius 2 is 2.12 bits per heavy atom. The molecule has 0 amide bonds. The van der Waals surface area contributed by atoms with Crippen LogP contribution in [0.25, 0.3) is 0 Å². The van der Waals surface area contributed by atoms with Crippen molar-refractivity contribution >= 4 is 5.84 Å². The van der Waals surface area contributed by atoms with Crippen LogP contribution in [0, 0.1) is 13.8 Å². The van der Waals surface area contributed by atoms with Gasteiger partial charge in [-0.1, -0.05) is 18.2 Å². The van der Waals surface area contributed by atoms with Gasteiger partial charge in [-0.25, -0.2) is 0 Å². The van der Waals surface area contributed by atoms with Gasteiger partial charge in [-0.2, -0.15) is 0 Å². The molecule has 0 saturated carbocycles. The fourth-order valence-corrected chi connectivity index (χ4v) is 2.37. The van der Waals surface area contributed by atoms with Crippen molar-refractivity contribution in [3.63, 3.8) is 0 Å². The molecular formula is C14H21N3. The lowest BCUT2D eigenvalue weighted by Crippen LogP contribution is -2.35. The number of aliphatic imine (C=N–C) groups is 1. The maximum atomic E-state index is 4.62. The molecule has 0 fully saturated rings. The van der Waals surface area contributed by atoms with Gasteiger partial charge in [0, 0.05) is 13.6 Å². The summed E-state index contributed by atoms with van der Waals surface area (Å²) in [5, 5.41) is 3.39. The third kappa shape index (κ3) is 2.20. The van der Waals surface area contributed by atoms with Gasteiger partial charge < -0.3 is 10.2 Å². The maximum Gasteiger partial charge on any atom is 0.121 e. The highest BCUT2D eigenvalue weighted by atomic mass is 15.2. The van der Waals surface area contributed by atoms with Crippen molar-refractivity contribution in [3.8, 4) is 0 Å². The highest BCUT2D eigenvalue weighted by Crippen LogP contribution is 2.23. The summed E-state index contributed by atoms with van der Waals surface area (Å²) < 4.78 is 0. The Hall–Kier alpha value is -1.35. The summed E-state index contributed by atoms with van der Waals surface area (Å²) in [5.41, 5.74) is 4.03. The van der Waals surface area contributed by atoms with Crippen LogP contribution in [-0.4, -0.2) is 37.9 Å². The van der Waals surface area contributed by atoms with E-state index in [1.165, 1.54) is 16.7 Å². The van der Waals surface area contributed by atoms with E-state index in [0.717, 1.165) is 18.9 Å². The molecule has 1 aliphatic rings. The molecule has 1 heterocycles. The van der Waals surface area contributed by atoms with E-state index in [1.807, 2.05) is 7.05 Å². The highest BCUT2D eigenvalue weighted by molar-refractivity contribution is 5.90. The third-order valence-electron chi connectivity index (χ3n) is 3.60. The Labute approximate surface area is 104 Å². The van der Waals surface area contributed by atoms with E-state index >= 15 is 0 Å². The zero-order chi connectivity index (χ0) is 12.4. The molecule has 1 aromatic rings. The number of nitrogens with zero attached hydrogens (tertiary/aromatic N) is 2. The number of hydrogen-bond acceptors (Lipinski definition) is 3. The fraction of sp³-hybridized carbons (Fsp3) is 0.500. The first-order valence-electron chi connectivity index (χ1n) is 6.14. The van der Waals surface area contributed by atoms with Crippen LogP contribution in [0.15, 0.2) is 23.2 Å². The molecule has 2 rings (SSSR count). The molecule has 1 aliphatic heterocycles. The molecule has 0 saturated heterocycles. The van der Waals surface area contributed by atoms with Crippen molar-refractivity contribution in [1.29, 1.82) is 0 Å². The molecule has 0 spiro atoms. The van der Waals surface area contributed by atoms with Crippen LogP contribution in [0.3, 0.4) is 0 Å². The van der Waals surface area contributed by atoms with Gasteiger partial charge in [-0.05, 0) is 37.6 Å². The summed E-state index contributed by atoms with van der Waals surface area (Å²) in [4.78, 5) is 6.85. The second-order valence-corrected chi connectivity index (χ2v) is 4.67. The number of nitrogens with one attached hydrogen (secondary N) is 1. The number of hydrogen-bond donors (Lipinski definition) is 1. The fourth-order valence-electron chi connectivity index (χ4n) is 2.37. The van der Waals surface area contributed by atoms with E-state index < -0.39 is 0 Å². The first-order valence-corrected chi connectivity index (χ1v) is 6.14. The number of rotatable bonds is 3. The van der Waals surface area contributed by atoms with Gasteiger partial charge in [-0.15, -0.1) is 0 Å². The number of amidine groups is 1. The van der Waals surface area contributed by atoms with Crippen molar-refractivity contribution in [1.82, 2.24) is 10.2 Å². The molecule has 0 aromatic heterocycles. The van der Waals surface area contributed by atoms with Gasteiger partial charge in [0.25, 0.3) is 0 Å². The van der Waals surface area contributed by atoms with Crippen LogP contribution in [0.1, 0.15) is 22.7 Å². The largest absolute Gasteiger partial charge is 0.360 e. The number of aryl methyl sites for hydroxylation is 1. The van der Waals surface area contributed by atoms with E-state index in [0.29, 0.717) is 0 Å². The van der Waals surface area contributed by atoms with Crippen LogP contribution < -0.4 is 5.32 Å². The van der Waals surface area contributed by atoms with Crippen molar-refractivity contribution in [2.75, 3.05) is 27.2 Å². The molecule has 3 nitrogen and oxygen atoms in total. The average Bonchev–Trinajstić information content (AvgIpc) is 2.72. The zero-order valence-electron chi connectivity index (χ0n) is 11.1. The van der Waals surface area contributed by atoms with Crippen LogP contribution >= 0.6 is 0 Å². The van der Waals surface area contributed by atoms with Gasteiger partial charge in [0.1, 0.15) is 5.84 Å². The molecule has 0 radical (unpaired) electrons. The van der Waals surface area contributed by atoms with Crippen LogP contribution in [0.2, 0.25) is 0 Å². The number of benzene rings is 1. The van der Waals surface area contributed by atoms with Gasteiger partial charge in [-0.3, -0.25) is 4.99 Å². The van der Waals surface area contributed by atoms with Crippen molar-refractivity contribution in [2.24, 2.45) is 4.99 Å². The lowest BCUT2D eigenvalue weighted by atomic mass is 9.96. The average molecular weight is 231 g/mol. The summed E-state index contributed by atoms with van der Waals surface area (Å²) >= 11 is 0. The molecule has 1 atom stereocenters. The number of likely N-dealkylation sites (N-methyl/N-ethyl adjacent to an activating group) is 2. The Bertz CT molecular complexity index is 437. The quantitative estimate of drug-likeness (QED) is 0.860. The molecule has 1 unspecified atom stereocenters. The molecule has 0 bridgehead atoms. The summed E-state index contributed by atoms with van der Waals surface area (Å²) in [5.74, 6) is 1.15. The zero-order valence-corrected chi connectivity index (χ0v) is 11.1. The first kappa shape index (κ1) is 12.1. The summed E-state index contributed by atoms with van der Waals surface area (Å²) in [6, 6.07) is 6.68. The maximum absolute atomic E-state index is 4.62. The second-order valence-electron chi connectivity index (χ2n) is 4.67. The molecule has 92 valence electrons. The predicted octanol–water partition coefficient (Wildman–Crippen LogP) is 1.91. The molecular weight excluding hydrogens is 210 g/mol. The standard InChI is InChI=1S/C14H21N3/c1-10-6-5-7-12(11(10)2)13(15-3)14-16-8-9-17(14)4/h5-7,13,15H,8-9H2,1-4H3. The monoisotopic (exact) mass is 231 g/mol. The SMILES string of the molecule is CNC(C1=NCCN1C)c1cccc(C)c1C. The Morgan fingerprint density at radius 1 is 1.35 bits per heavy atom. The normalized spacial score (nSPS) is 17.2. The molecule has 1 aromatic carbocycles. The molecule has 0 aliphatic carbocycles. The minimum atomic E-state index is 0.211. The highest BCUT2D eigenvalue weighted by Gasteiger charge is 2.24. The lowest BCUT2D eigenvalue weighted by Gasteiger charge is -2.25. The molecule has 3 heteroatoms. The van der Waals surface area contributed by atoms with Gasteiger partial charge >= 0.3 is 0 Å². The predicted molar refractivity (Wildman–Crippen MR) is 72.6 cm³/mol. The Kier molecular flexibility index (Phi) is 3.48. The summed E-state index contributed by atoms with van der Waals surface area (Å²) in [6.07, 6.45) is 0. The van der Waals surface area contributed by atoms with E-state index in [-0.39, 0.29) is 6.04 Å². The van der Waals surface area contributed by atoms with Gasteiger partial charge in [0.05, 0.1) is 12.6 Å².